The van der Waals surface area contributed by atoms with E-state index in [1.54, 1.807) is 6.08 Å². The monoisotopic (exact) mass is 320 g/mol. The minimum atomic E-state index is -0.871. The van der Waals surface area contributed by atoms with Crippen LogP contribution in [0.1, 0.15) is 58.4 Å². The number of ether oxygens (including phenoxy) is 2. The summed E-state index contributed by atoms with van der Waals surface area (Å²) in [6.07, 6.45) is 6.37. The molecule has 4 heteroatoms. The largest absolute Gasteiger partial charge is 0.490 e. The van der Waals surface area contributed by atoms with Gasteiger partial charge in [-0.3, -0.25) is 0 Å². The van der Waals surface area contributed by atoms with Crippen molar-refractivity contribution in [2.24, 2.45) is 0 Å². The molecule has 1 N–H and O–H groups in total. The second kappa shape index (κ2) is 10.7. The quantitative estimate of drug-likeness (QED) is 0.464. The molecule has 0 amide bonds. The Morgan fingerprint density at radius 2 is 1.87 bits per heavy atom. The van der Waals surface area contributed by atoms with Crippen LogP contribution in [0.4, 0.5) is 0 Å². The highest BCUT2D eigenvalue weighted by Crippen LogP contribution is 2.30. The lowest BCUT2D eigenvalue weighted by atomic mass is 10.1. The van der Waals surface area contributed by atoms with Crippen molar-refractivity contribution in [3.8, 4) is 11.5 Å². The van der Waals surface area contributed by atoms with E-state index in [9.17, 15) is 9.90 Å². The van der Waals surface area contributed by atoms with Gasteiger partial charge in [0.2, 0.25) is 0 Å². The number of aliphatic carboxylic acids is 1. The number of hydrogen-bond acceptors (Lipinski definition) is 3. The molecule has 0 bridgehead atoms. The molecule has 0 unspecified atom stereocenters. The van der Waals surface area contributed by atoms with Crippen LogP contribution in [-0.2, 0) is 4.79 Å². The number of hydrogen-bond donors (Lipinski definition) is 1. The number of carbonyl (C=O) groups is 1. The van der Waals surface area contributed by atoms with E-state index in [0.717, 1.165) is 31.2 Å². The molecule has 4 nitrogen and oxygen atoms in total. The normalized spacial score (nSPS) is 11.3. The van der Waals surface area contributed by atoms with Crippen molar-refractivity contribution in [1.29, 1.82) is 0 Å². The Hall–Kier alpha value is -1.97. The van der Waals surface area contributed by atoms with Crippen LogP contribution in [0.5, 0.6) is 11.5 Å². The molecule has 0 saturated heterocycles. The molecule has 1 aromatic carbocycles. The van der Waals surface area contributed by atoms with Crippen LogP contribution in [0.2, 0.25) is 0 Å². The fraction of sp³-hybridized carbons (Fsp3) is 0.526. The van der Waals surface area contributed by atoms with Gasteiger partial charge in [-0.15, -0.1) is 0 Å². The zero-order chi connectivity index (χ0) is 17.1. The van der Waals surface area contributed by atoms with E-state index in [1.807, 2.05) is 32.0 Å². The number of carboxylic acid groups (broad SMARTS) is 1. The van der Waals surface area contributed by atoms with Gasteiger partial charge in [0, 0.05) is 5.57 Å². The van der Waals surface area contributed by atoms with Crippen molar-refractivity contribution in [1.82, 2.24) is 0 Å². The minimum Gasteiger partial charge on any atom is -0.490 e. The molecule has 0 aliphatic rings. The van der Waals surface area contributed by atoms with Gasteiger partial charge in [-0.05, 0) is 43.5 Å². The Kier molecular flexibility index (Phi) is 8.88. The van der Waals surface area contributed by atoms with Crippen molar-refractivity contribution in [3.63, 3.8) is 0 Å². The summed E-state index contributed by atoms with van der Waals surface area (Å²) in [5.41, 5.74) is 1.23. The molecule has 0 saturated carbocycles. The minimum absolute atomic E-state index is 0.409. The second-order valence-corrected chi connectivity index (χ2v) is 5.42. The van der Waals surface area contributed by atoms with E-state index in [-0.39, 0.29) is 0 Å². The summed E-state index contributed by atoms with van der Waals surface area (Å²) in [5, 5.41) is 9.24. The summed E-state index contributed by atoms with van der Waals surface area (Å²) < 4.78 is 11.4. The van der Waals surface area contributed by atoms with Crippen molar-refractivity contribution >= 4 is 12.0 Å². The summed E-state index contributed by atoms with van der Waals surface area (Å²) in [7, 11) is 0. The molecule has 23 heavy (non-hydrogen) atoms. The van der Waals surface area contributed by atoms with Gasteiger partial charge in [0.05, 0.1) is 13.2 Å². The Balaban J connectivity index is 2.92. The van der Waals surface area contributed by atoms with Gasteiger partial charge in [0.15, 0.2) is 11.5 Å². The number of benzene rings is 1. The molecule has 0 heterocycles. The van der Waals surface area contributed by atoms with E-state index in [2.05, 4.69) is 6.92 Å². The highest BCUT2D eigenvalue weighted by atomic mass is 16.5. The van der Waals surface area contributed by atoms with Gasteiger partial charge in [0.25, 0.3) is 0 Å². The maximum atomic E-state index is 11.3. The van der Waals surface area contributed by atoms with E-state index in [0.29, 0.717) is 36.7 Å². The third-order valence-corrected chi connectivity index (χ3v) is 3.41. The molecule has 0 aromatic heterocycles. The number of unbranched alkanes of at least 4 members (excludes halogenated alkanes) is 2. The molecule has 0 spiro atoms. The van der Waals surface area contributed by atoms with Crippen molar-refractivity contribution in [2.45, 2.75) is 52.9 Å². The van der Waals surface area contributed by atoms with E-state index in [4.69, 9.17) is 9.47 Å². The lowest BCUT2D eigenvalue weighted by Gasteiger charge is -2.13. The fourth-order valence-electron chi connectivity index (χ4n) is 2.25. The van der Waals surface area contributed by atoms with Crippen LogP contribution < -0.4 is 9.47 Å². The third-order valence-electron chi connectivity index (χ3n) is 3.41. The standard InChI is InChI=1S/C19H28O4/c1-4-7-8-12-23-17-11-10-15(14-18(17)22-6-3)13-16(9-5-2)19(20)21/h10-11,13-14H,4-9,12H2,1-3H3,(H,20,21). The van der Waals surface area contributed by atoms with Crippen molar-refractivity contribution in [3.05, 3.63) is 29.3 Å². The van der Waals surface area contributed by atoms with Crippen molar-refractivity contribution < 1.29 is 19.4 Å². The summed E-state index contributed by atoms with van der Waals surface area (Å²) in [4.78, 5) is 11.3. The first-order valence-electron chi connectivity index (χ1n) is 8.45. The van der Waals surface area contributed by atoms with Crippen LogP contribution >= 0.6 is 0 Å². The fourth-order valence-corrected chi connectivity index (χ4v) is 2.25. The highest BCUT2D eigenvalue weighted by molar-refractivity contribution is 5.92. The zero-order valence-corrected chi connectivity index (χ0v) is 14.4. The summed E-state index contributed by atoms with van der Waals surface area (Å²) in [6, 6.07) is 5.57. The zero-order valence-electron chi connectivity index (χ0n) is 14.4. The molecule has 0 fully saturated rings. The molecule has 0 radical (unpaired) electrons. The smallest absolute Gasteiger partial charge is 0.331 e. The Bertz CT molecular complexity index is 520. The van der Waals surface area contributed by atoms with Gasteiger partial charge in [-0.1, -0.05) is 39.2 Å². The first kappa shape index (κ1) is 19.1. The molecular weight excluding hydrogens is 292 g/mol. The highest BCUT2D eigenvalue weighted by Gasteiger charge is 2.09. The molecule has 0 aliphatic carbocycles. The Morgan fingerprint density at radius 1 is 1.09 bits per heavy atom. The summed E-state index contributed by atoms with van der Waals surface area (Å²) in [6.45, 7) is 7.25. The third kappa shape index (κ3) is 6.76. The first-order chi connectivity index (χ1) is 11.1. The number of rotatable bonds is 11. The second-order valence-electron chi connectivity index (χ2n) is 5.42. The average Bonchev–Trinajstić information content (AvgIpc) is 2.53. The summed E-state index contributed by atoms with van der Waals surface area (Å²) >= 11 is 0. The van der Waals surface area contributed by atoms with E-state index >= 15 is 0 Å². The van der Waals surface area contributed by atoms with Crippen molar-refractivity contribution in [2.75, 3.05) is 13.2 Å². The van der Waals surface area contributed by atoms with Crippen LogP contribution in [-0.4, -0.2) is 24.3 Å². The van der Waals surface area contributed by atoms with E-state index in [1.165, 1.54) is 0 Å². The predicted molar refractivity (Wildman–Crippen MR) is 93.2 cm³/mol. The van der Waals surface area contributed by atoms with Gasteiger partial charge in [-0.25, -0.2) is 4.79 Å². The van der Waals surface area contributed by atoms with Gasteiger partial charge >= 0.3 is 5.97 Å². The topological polar surface area (TPSA) is 55.8 Å². The molecule has 128 valence electrons. The maximum Gasteiger partial charge on any atom is 0.331 e. The molecule has 0 atom stereocenters. The first-order valence-corrected chi connectivity index (χ1v) is 8.45. The van der Waals surface area contributed by atoms with E-state index < -0.39 is 5.97 Å². The van der Waals surface area contributed by atoms with Gasteiger partial charge in [-0.2, -0.15) is 0 Å². The predicted octanol–water partition coefficient (Wildman–Crippen LogP) is 4.92. The molecule has 0 aliphatic heterocycles. The Labute approximate surface area is 139 Å². The lowest BCUT2D eigenvalue weighted by Crippen LogP contribution is -2.02. The maximum absolute atomic E-state index is 11.3. The molecule has 1 aromatic rings. The summed E-state index contributed by atoms with van der Waals surface area (Å²) in [5.74, 6) is 0.510. The SMILES string of the molecule is CCCCCOc1ccc(C=C(CCC)C(=O)O)cc1OCC. The number of carboxylic acids is 1. The average molecular weight is 320 g/mol. The van der Waals surface area contributed by atoms with Crippen LogP contribution in [0.25, 0.3) is 6.08 Å². The lowest BCUT2D eigenvalue weighted by molar-refractivity contribution is -0.132. The van der Waals surface area contributed by atoms with Gasteiger partial charge < -0.3 is 14.6 Å². The molecular formula is C19H28O4. The van der Waals surface area contributed by atoms with Gasteiger partial charge in [0.1, 0.15) is 0 Å². The van der Waals surface area contributed by atoms with Crippen LogP contribution in [0, 0.1) is 0 Å². The van der Waals surface area contributed by atoms with Crippen LogP contribution in [0.15, 0.2) is 23.8 Å². The molecule has 1 rings (SSSR count). The Morgan fingerprint density at radius 3 is 2.48 bits per heavy atom. The van der Waals surface area contributed by atoms with Crippen LogP contribution in [0.3, 0.4) is 0 Å².